The van der Waals surface area contributed by atoms with E-state index in [9.17, 15) is 18.8 Å². The number of urea groups is 1. The molecule has 4 rings (SSSR count). The molecule has 0 aliphatic carbocycles. The number of carbonyl (C=O) groups excluding carboxylic acids is 3. The molecule has 4 amide bonds. The quantitative estimate of drug-likeness (QED) is 0.769. The highest BCUT2D eigenvalue weighted by molar-refractivity contribution is 6.08. The molecular weight excluding hydrogens is 345 g/mol. The number of fused-ring (bicyclic) bond motifs is 1. The van der Waals surface area contributed by atoms with E-state index in [-0.39, 0.29) is 24.4 Å². The van der Waals surface area contributed by atoms with Gasteiger partial charge in [-0.25, -0.2) is 9.18 Å². The molecular formula is C17H16FN3O5. The van der Waals surface area contributed by atoms with E-state index in [2.05, 4.69) is 10.6 Å². The molecule has 0 spiro atoms. The van der Waals surface area contributed by atoms with E-state index in [0.29, 0.717) is 12.0 Å². The molecule has 136 valence electrons. The number of hydrogen-bond acceptors (Lipinski definition) is 5. The first kappa shape index (κ1) is 16.4. The number of rotatable bonds is 4. The van der Waals surface area contributed by atoms with E-state index in [1.54, 1.807) is 12.1 Å². The van der Waals surface area contributed by atoms with Crippen LogP contribution in [0, 0.1) is 5.82 Å². The van der Waals surface area contributed by atoms with Crippen LogP contribution in [-0.4, -0.2) is 48.0 Å². The summed E-state index contributed by atoms with van der Waals surface area (Å²) in [5, 5.41) is 4.79. The van der Waals surface area contributed by atoms with Crippen molar-refractivity contribution >= 4 is 17.8 Å². The number of hydrogen-bond donors (Lipinski definition) is 2. The third-order valence-corrected chi connectivity index (χ3v) is 4.92. The standard InChI is InChI=1S/C17H16FN3O5/c1-25-10-5-4-9-7-21(14(22)12(9)13(10)18)8-17(11-3-2-6-26-11)15(23)19-16(24)20-17/h2,4-6,11H,3,7-8H2,1H3,(H2,19,20,23,24). The summed E-state index contributed by atoms with van der Waals surface area (Å²) < 4.78 is 24.9. The number of methoxy groups -OCH3 is 1. The van der Waals surface area contributed by atoms with Gasteiger partial charge in [-0.3, -0.25) is 14.9 Å². The van der Waals surface area contributed by atoms with Crippen LogP contribution < -0.4 is 15.4 Å². The van der Waals surface area contributed by atoms with E-state index >= 15 is 0 Å². The van der Waals surface area contributed by atoms with Crippen molar-refractivity contribution in [2.24, 2.45) is 0 Å². The van der Waals surface area contributed by atoms with Crippen molar-refractivity contribution in [3.05, 3.63) is 41.4 Å². The first-order valence-corrected chi connectivity index (χ1v) is 8.05. The van der Waals surface area contributed by atoms with Crippen LogP contribution in [0.5, 0.6) is 5.75 Å². The minimum atomic E-state index is -1.43. The fraction of sp³-hybridized carbons (Fsp3) is 0.353. The molecule has 3 aliphatic heterocycles. The first-order chi connectivity index (χ1) is 12.5. The first-order valence-electron chi connectivity index (χ1n) is 8.05. The Morgan fingerprint density at radius 3 is 2.81 bits per heavy atom. The maximum atomic E-state index is 14.5. The molecule has 1 aromatic rings. The van der Waals surface area contributed by atoms with Crippen molar-refractivity contribution in [1.29, 1.82) is 0 Å². The number of halogens is 1. The van der Waals surface area contributed by atoms with Crippen LogP contribution in [0.1, 0.15) is 22.3 Å². The maximum Gasteiger partial charge on any atom is 0.322 e. The minimum absolute atomic E-state index is 0.0242. The van der Waals surface area contributed by atoms with Crippen LogP contribution in [0.3, 0.4) is 0 Å². The van der Waals surface area contributed by atoms with Gasteiger partial charge < -0.3 is 19.7 Å². The zero-order valence-electron chi connectivity index (χ0n) is 13.9. The SMILES string of the molecule is COc1ccc2c(c1F)C(=O)N(CC1(C3CC=CO3)NC(=O)NC1=O)C2. The van der Waals surface area contributed by atoms with Crippen molar-refractivity contribution in [1.82, 2.24) is 15.5 Å². The van der Waals surface area contributed by atoms with E-state index in [1.807, 2.05) is 0 Å². The summed E-state index contributed by atoms with van der Waals surface area (Å²) in [7, 11) is 1.32. The van der Waals surface area contributed by atoms with Gasteiger partial charge in [-0.1, -0.05) is 6.07 Å². The minimum Gasteiger partial charge on any atom is -0.495 e. The summed E-state index contributed by atoms with van der Waals surface area (Å²) >= 11 is 0. The fourth-order valence-corrected chi connectivity index (χ4v) is 3.63. The fourth-order valence-electron chi connectivity index (χ4n) is 3.63. The summed E-state index contributed by atoms with van der Waals surface area (Å²) in [6.07, 6.45) is 2.94. The Morgan fingerprint density at radius 2 is 2.19 bits per heavy atom. The average molecular weight is 361 g/mol. The Bertz CT molecular complexity index is 847. The number of ether oxygens (including phenoxy) is 2. The number of nitrogens with zero attached hydrogens (tertiary/aromatic N) is 1. The maximum absolute atomic E-state index is 14.5. The van der Waals surface area contributed by atoms with Gasteiger partial charge in [0, 0.05) is 13.0 Å². The Labute approximate surface area is 147 Å². The molecule has 9 heteroatoms. The Hall–Kier alpha value is -3.10. The van der Waals surface area contributed by atoms with Gasteiger partial charge in [0.1, 0.15) is 6.10 Å². The van der Waals surface area contributed by atoms with E-state index in [4.69, 9.17) is 9.47 Å². The summed E-state index contributed by atoms with van der Waals surface area (Å²) in [6.45, 7) is -0.00762. The summed E-state index contributed by atoms with van der Waals surface area (Å²) in [4.78, 5) is 38.3. The third kappa shape index (κ3) is 2.23. The van der Waals surface area contributed by atoms with Gasteiger partial charge in [-0.05, 0) is 17.7 Å². The van der Waals surface area contributed by atoms with Crippen molar-refractivity contribution in [3.8, 4) is 5.75 Å². The van der Waals surface area contributed by atoms with Crippen LogP contribution in [0.15, 0.2) is 24.5 Å². The molecule has 26 heavy (non-hydrogen) atoms. The lowest BCUT2D eigenvalue weighted by Crippen LogP contribution is -2.62. The molecule has 2 atom stereocenters. The largest absolute Gasteiger partial charge is 0.495 e. The molecule has 0 bridgehead atoms. The summed E-state index contributed by atoms with van der Waals surface area (Å²) in [6, 6.07) is 2.42. The zero-order chi connectivity index (χ0) is 18.5. The van der Waals surface area contributed by atoms with Crippen LogP contribution in [0.4, 0.5) is 9.18 Å². The Kier molecular flexibility index (Phi) is 3.60. The van der Waals surface area contributed by atoms with Gasteiger partial charge in [-0.2, -0.15) is 0 Å². The Morgan fingerprint density at radius 1 is 1.38 bits per heavy atom. The highest BCUT2D eigenvalue weighted by atomic mass is 19.1. The van der Waals surface area contributed by atoms with Gasteiger partial charge in [-0.15, -0.1) is 0 Å². The van der Waals surface area contributed by atoms with Crippen molar-refractivity contribution in [2.45, 2.75) is 24.6 Å². The van der Waals surface area contributed by atoms with E-state index in [1.165, 1.54) is 24.3 Å². The molecule has 3 heterocycles. The van der Waals surface area contributed by atoms with Crippen molar-refractivity contribution in [3.63, 3.8) is 0 Å². The van der Waals surface area contributed by atoms with Crippen LogP contribution >= 0.6 is 0 Å². The topological polar surface area (TPSA) is 97.0 Å². The van der Waals surface area contributed by atoms with E-state index in [0.717, 1.165) is 0 Å². The monoisotopic (exact) mass is 361 g/mol. The third-order valence-electron chi connectivity index (χ3n) is 4.92. The van der Waals surface area contributed by atoms with Crippen molar-refractivity contribution < 1.29 is 28.2 Å². The number of amides is 4. The van der Waals surface area contributed by atoms with Gasteiger partial charge >= 0.3 is 6.03 Å². The van der Waals surface area contributed by atoms with E-state index < -0.39 is 35.3 Å². The number of carbonyl (C=O) groups is 3. The molecule has 2 N–H and O–H groups in total. The average Bonchev–Trinajstić information content (AvgIpc) is 3.29. The van der Waals surface area contributed by atoms with Gasteiger partial charge in [0.25, 0.3) is 11.8 Å². The van der Waals surface area contributed by atoms with Crippen LogP contribution in [-0.2, 0) is 16.1 Å². The van der Waals surface area contributed by atoms with Crippen molar-refractivity contribution in [2.75, 3.05) is 13.7 Å². The Balaban J connectivity index is 1.66. The zero-order valence-corrected chi connectivity index (χ0v) is 13.9. The lowest BCUT2D eigenvalue weighted by Gasteiger charge is -2.34. The molecule has 0 saturated carbocycles. The molecule has 3 aliphatic rings. The summed E-state index contributed by atoms with van der Waals surface area (Å²) in [5.41, 5.74) is -1.01. The van der Waals surface area contributed by atoms with Gasteiger partial charge in [0.05, 0.1) is 25.5 Å². The molecule has 0 radical (unpaired) electrons. The number of nitrogens with one attached hydrogen (secondary N) is 2. The molecule has 0 aromatic heterocycles. The number of imide groups is 1. The predicted octanol–water partition coefficient (Wildman–Crippen LogP) is 0.671. The predicted molar refractivity (Wildman–Crippen MR) is 85.7 cm³/mol. The number of benzene rings is 1. The molecule has 8 nitrogen and oxygen atoms in total. The smallest absolute Gasteiger partial charge is 0.322 e. The molecule has 1 fully saturated rings. The molecule has 1 saturated heterocycles. The second-order valence-electron chi connectivity index (χ2n) is 6.39. The van der Waals surface area contributed by atoms with Gasteiger partial charge in [0.15, 0.2) is 17.1 Å². The highest BCUT2D eigenvalue weighted by Gasteiger charge is 2.55. The van der Waals surface area contributed by atoms with Crippen LogP contribution in [0.2, 0.25) is 0 Å². The normalized spacial score (nSPS) is 26.6. The molecule has 2 unspecified atom stereocenters. The second kappa shape index (κ2) is 5.72. The van der Waals surface area contributed by atoms with Crippen LogP contribution in [0.25, 0.3) is 0 Å². The molecule has 1 aromatic carbocycles. The second-order valence-corrected chi connectivity index (χ2v) is 6.39. The van der Waals surface area contributed by atoms with Gasteiger partial charge in [0.2, 0.25) is 0 Å². The highest BCUT2D eigenvalue weighted by Crippen LogP contribution is 2.34. The lowest BCUT2D eigenvalue weighted by atomic mass is 9.90. The lowest BCUT2D eigenvalue weighted by molar-refractivity contribution is -0.128. The summed E-state index contributed by atoms with van der Waals surface area (Å²) in [5.74, 6) is -1.89.